The monoisotopic (exact) mass is 349 g/mol. The van der Waals surface area contributed by atoms with E-state index in [-0.39, 0.29) is 5.91 Å². The number of carbonyl (C=O) groups excluding carboxylic acids is 1. The van der Waals surface area contributed by atoms with Gasteiger partial charge in [0.15, 0.2) is 0 Å². The first-order valence-electron chi connectivity index (χ1n) is 8.78. The van der Waals surface area contributed by atoms with Crippen LogP contribution in [-0.2, 0) is 11.2 Å². The average Bonchev–Trinajstić information content (AvgIpc) is 3.07. The minimum atomic E-state index is -0.00442. The third-order valence-corrected chi connectivity index (χ3v) is 4.23. The lowest BCUT2D eigenvalue weighted by atomic mass is 10.1. The normalized spacial score (nSPS) is 10.7. The topological polar surface area (TPSA) is 68.0 Å². The molecule has 3 rings (SSSR count). The molecule has 1 N–H and O–H groups in total. The van der Waals surface area contributed by atoms with Crippen molar-refractivity contribution in [3.63, 3.8) is 0 Å². The number of benzene rings is 2. The van der Waals surface area contributed by atoms with Gasteiger partial charge < -0.3 is 9.84 Å². The van der Waals surface area contributed by atoms with E-state index < -0.39 is 0 Å². The lowest BCUT2D eigenvalue weighted by Gasteiger charge is -2.08. The first-order chi connectivity index (χ1) is 12.5. The van der Waals surface area contributed by atoms with Gasteiger partial charge in [0.1, 0.15) is 0 Å². The predicted octanol–water partition coefficient (Wildman–Crippen LogP) is 4.62. The zero-order valence-electron chi connectivity index (χ0n) is 15.4. The predicted molar refractivity (Wildman–Crippen MR) is 102 cm³/mol. The molecule has 2 aromatic carbocycles. The number of aromatic nitrogens is 2. The molecule has 134 valence electrons. The van der Waals surface area contributed by atoms with Crippen LogP contribution in [0.15, 0.2) is 47.0 Å². The number of carbonyl (C=O) groups is 1. The molecule has 0 radical (unpaired) electrons. The third kappa shape index (κ3) is 4.57. The highest BCUT2D eigenvalue weighted by Gasteiger charge is 2.10. The van der Waals surface area contributed by atoms with E-state index >= 15 is 0 Å². The molecule has 1 amide bonds. The molecule has 0 spiro atoms. The number of hydrogen-bond acceptors (Lipinski definition) is 4. The largest absolute Gasteiger partial charge is 0.339 e. The fraction of sp³-hybridized carbons (Fsp3) is 0.286. The van der Waals surface area contributed by atoms with Crippen molar-refractivity contribution in [2.45, 2.75) is 40.0 Å². The molecule has 0 bridgehead atoms. The Morgan fingerprint density at radius 3 is 2.50 bits per heavy atom. The quantitative estimate of drug-likeness (QED) is 0.705. The summed E-state index contributed by atoms with van der Waals surface area (Å²) in [6.07, 6.45) is 1.65. The second kappa shape index (κ2) is 7.95. The number of hydrogen-bond donors (Lipinski definition) is 1. The van der Waals surface area contributed by atoms with E-state index in [2.05, 4.69) is 21.5 Å². The van der Waals surface area contributed by atoms with Crippen LogP contribution in [0.3, 0.4) is 0 Å². The van der Waals surface area contributed by atoms with Crippen molar-refractivity contribution in [1.82, 2.24) is 10.1 Å². The first kappa shape index (κ1) is 17.9. The zero-order valence-corrected chi connectivity index (χ0v) is 15.4. The number of nitrogens with zero attached hydrogens (tertiary/aromatic N) is 2. The molecular weight excluding hydrogens is 326 g/mol. The van der Waals surface area contributed by atoms with Crippen molar-refractivity contribution in [2.75, 3.05) is 5.32 Å². The van der Waals surface area contributed by atoms with Crippen LogP contribution < -0.4 is 5.32 Å². The van der Waals surface area contributed by atoms with Crippen LogP contribution in [-0.4, -0.2) is 16.0 Å². The summed E-state index contributed by atoms with van der Waals surface area (Å²) in [5.41, 5.74) is 5.23. The van der Waals surface area contributed by atoms with Gasteiger partial charge in [-0.05, 0) is 38.8 Å². The summed E-state index contributed by atoms with van der Waals surface area (Å²) in [7, 11) is 0. The van der Waals surface area contributed by atoms with E-state index in [9.17, 15) is 4.79 Å². The Hall–Kier alpha value is -2.95. The summed E-state index contributed by atoms with van der Waals surface area (Å²) in [6, 6.07) is 14.0. The van der Waals surface area contributed by atoms with Gasteiger partial charge in [-0.25, -0.2) is 0 Å². The molecule has 5 heteroatoms. The molecule has 0 saturated carbocycles. The molecule has 1 aromatic heterocycles. The Kier molecular flexibility index (Phi) is 5.46. The van der Waals surface area contributed by atoms with Gasteiger partial charge in [0, 0.05) is 24.1 Å². The number of rotatable bonds is 6. The standard InChI is InChI=1S/C21H23N3O2/c1-14-7-10-17(11-8-14)21-23-20(26-24-21)6-4-5-19(25)22-18-12-9-15(2)13-16(18)3/h7-13H,4-6H2,1-3H3,(H,22,25). The van der Waals surface area contributed by atoms with Gasteiger partial charge >= 0.3 is 0 Å². The van der Waals surface area contributed by atoms with Gasteiger partial charge in [0.05, 0.1) is 0 Å². The Morgan fingerprint density at radius 1 is 1.04 bits per heavy atom. The lowest BCUT2D eigenvalue weighted by molar-refractivity contribution is -0.116. The van der Waals surface area contributed by atoms with E-state index in [0.29, 0.717) is 31.0 Å². The minimum Gasteiger partial charge on any atom is -0.339 e. The minimum absolute atomic E-state index is 0.00442. The molecule has 26 heavy (non-hydrogen) atoms. The summed E-state index contributed by atoms with van der Waals surface area (Å²) in [6.45, 7) is 6.07. The summed E-state index contributed by atoms with van der Waals surface area (Å²) >= 11 is 0. The van der Waals surface area contributed by atoms with Crippen LogP contribution in [0.4, 0.5) is 5.69 Å². The number of aryl methyl sites for hydroxylation is 4. The Balaban J connectivity index is 1.50. The first-order valence-corrected chi connectivity index (χ1v) is 8.78. The highest BCUT2D eigenvalue weighted by Crippen LogP contribution is 2.18. The number of anilines is 1. The SMILES string of the molecule is Cc1ccc(-c2noc(CCCC(=O)Nc3ccc(C)cc3C)n2)cc1. The smallest absolute Gasteiger partial charge is 0.226 e. The maximum absolute atomic E-state index is 12.1. The Labute approximate surface area is 153 Å². The van der Waals surface area contributed by atoms with E-state index in [1.165, 1.54) is 11.1 Å². The summed E-state index contributed by atoms with van der Waals surface area (Å²) in [4.78, 5) is 16.5. The molecule has 3 aromatic rings. The highest BCUT2D eigenvalue weighted by atomic mass is 16.5. The molecule has 0 aliphatic carbocycles. The second-order valence-electron chi connectivity index (χ2n) is 6.60. The number of amides is 1. The molecule has 0 atom stereocenters. The fourth-order valence-electron chi connectivity index (χ4n) is 2.74. The van der Waals surface area contributed by atoms with E-state index in [1.54, 1.807) is 0 Å². The van der Waals surface area contributed by atoms with E-state index in [4.69, 9.17) is 4.52 Å². The zero-order chi connectivity index (χ0) is 18.5. The molecule has 0 aliphatic rings. The summed E-state index contributed by atoms with van der Waals surface area (Å²) in [5.74, 6) is 1.13. The molecule has 0 aliphatic heterocycles. The second-order valence-corrected chi connectivity index (χ2v) is 6.60. The van der Waals surface area contributed by atoms with Crippen molar-refractivity contribution in [3.8, 4) is 11.4 Å². The molecule has 0 saturated heterocycles. The highest BCUT2D eigenvalue weighted by molar-refractivity contribution is 5.91. The van der Waals surface area contributed by atoms with Gasteiger partial charge in [-0.1, -0.05) is 52.7 Å². The summed E-state index contributed by atoms with van der Waals surface area (Å²) in [5, 5.41) is 6.97. The van der Waals surface area contributed by atoms with Crippen LogP contribution >= 0.6 is 0 Å². The molecule has 5 nitrogen and oxygen atoms in total. The van der Waals surface area contributed by atoms with Gasteiger partial charge in [0.2, 0.25) is 17.6 Å². The van der Waals surface area contributed by atoms with Crippen LogP contribution in [0.2, 0.25) is 0 Å². The van der Waals surface area contributed by atoms with Crippen LogP contribution in [0.5, 0.6) is 0 Å². The third-order valence-electron chi connectivity index (χ3n) is 4.23. The number of nitrogens with one attached hydrogen (secondary N) is 1. The van der Waals surface area contributed by atoms with Crippen molar-refractivity contribution >= 4 is 11.6 Å². The van der Waals surface area contributed by atoms with Crippen molar-refractivity contribution in [3.05, 3.63) is 65.0 Å². The molecule has 0 fully saturated rings. The lowest BCUT2D eigenvalue weighted by Crippen LogP contribution is -2.12. The molecule has 0 unspecified atom stereocenters. The fourth-order valence-corrected chi connectivity index (χ4v) is 2.74. The van der Waals surface area contributed by atoms with E-state index in [1.807, 2.05) is 57.2 Å². The van der Waals surface area contributed by atoms with Crippen molar-refractivity contribution in [2.24, 2.45) is 0 Å². The van der Waals surface area contributed by atoms with Crippen LogP contribution in [0, 0.1) is 20.8 Å². The van der Waals surface area contributed by atoms with Gasteiger partial charge in [-0.2, -0.15) is 4.98 Å². The van der Waals surface area contributed by atoms with Crippen molar-refractivity contribution in [1.29, 1.82) is 0 Å². The van der Waals surface area contributed by atoms with Crippen LogP contribution in [0.1, 0.15) is 35.4 Å². The maximum atomic E-state index is 12.1. The van der Waals surface area contributed by atoms with Crippen molar-refractivity contribution < 1.29 is 9.32 Å². The molecular formula is C21H23N3O2. The summed E-state index contributed by atoms with van der Waals surface area (Å²) < 4.78 is 5.29. The van der Waals surface area contributed by atoms with Gasteiger partial charge in [-0.15, -0.1) is 0 Å². The maximum Gasteiger partial charge on any atom is 0.226 e. The van der Waals surface area contributed by atoms with Crippen LogP contribution in [0.25, 0.3) is 11.4 Å². The Bertz CT molecular complexity index is 898. The van der Waals surface area contributed by atoms with Gasteiger partial charge in [0.25, 0.3) is 0 Å². The molecule has 1 heterocycles. The Morgan fingerprint density at radius 2 is 1.77 bits per heavy atom. The van der Waals surface area contributed by atoms with Gasteiger partial charge in [-0.3, -0.25) is 4.79 Å². The average molecular weight is 349 g/mol. The van der Waals surface area contributed by atoms with E-state index in [0.717, 1.165) is 16.8 Å².